The van der Waals surface area contributed by atoms with E-state index >= 15 is 0 Å². The fourth-order valence-corrected chi connectivity index (χ4v) is 2.45. The number of para-hydroxylation sites is 1. The van der Waals surface area contributed by atoms with Crippen LogP contribution in [0.25, 0.3) is 0 Å². The lowest BCUT2D eigenvalue weighted by Gasteiger charge is -2.12. The monoisotopic (exact) mass is 337 g/mol. The summed E-state index contributed by atoms with van der Waals surface area (Å²) in [7, 11) is 0. The first-order valence-corrected chi connectivity index (χ1v) is 7.44. The Morgan fingerprint density at radius 1 is 1.40 bits per heavy atom. The quantitative estimate of drug-likeness (QED) is 0.877. The Kier molecular flexibility index (Phi) is 4.03. The van der Waals surface area contributed by atoms with E-state index in [4.69, 9.17) is 9.15 Å². The zero-order valence-electron chi connectivity index (χ0n) is 11.2. The van der Waals surface area contributed by atoms with Gasteiger partial charge in [-0.25, -0.2) is 0 Å². The topological polar surface area (TPSA) is 60.2 Å². The zero-order valence-corrected chi connectivity index (χ0v) is 12.8. The van der Waals surface area contributed by atoms with Crippen molar-refractivity contribution in [1.29, 1.82) is 0 Å². The minimum atomic E-state index is 0.278. The van der Waals surface area contributed by atoms with Gasteiger partial charge in [-0.2, -0.15) is 0 Å². The number of benzene rings is 1. The molecule has 0 amide bonds. The van der Waals surface area contributed by atoms with Crippen LogP contribution < -0.4 is 10.1 Å². The van der Waals surface area contributed by atoms with Crippen LogP contribution in [0.3, 0.4) is 0 Å². The van der Waals surface area contributed by atoms with E-state index in [1.54, 1.807) is 6.92 Å². The van der Waals surface area contributed by atoms with E-state index in [1.807, 2.05) is 12.1 Å². The van der Waals surface area contributed by atoms with Crippen molar-refractivity contribution in [3.63, 3.8) is 0 Å². The minimum Gasteiger partial charge on any atom is -0.482 e. The first kappa shape index (κ1) is 13.6. The van der Waals surface area contributed by atoms with Crippen molar-refractivity contribution in [3.05, 3.63) is 40.0 Å². The average Bonchev–Trinajstić information content (AvgIpc) is 3.17. The molecule has 0 unspecified atom stereocenters. The third kappa shape index (κ3) is 3.37. The highest BCUT2D eigenvalue weighted by molar-refractivity contribution is 9.10. The first-order valence-electron chi connectivity index (χ1n) is 6.65. The summed E-state index contributed by atoms with van der Waals surface area (Å²) < 4.78 is 12.1. The number of aryl methyl sites for hydroxylation is 1. The summed E-state index contributed by atoms with van der Waals surface area (Å²) in [6.07, 6.45) is 2.54. The molecule has 2 aromatic rings. The van der Waals surface area contributed by atoms with Crippen molar-refractivity contribution in [2.45, 2.75) is 39.0 Å². The normalized spacial score (nSPS) is 14.5. The van der Waals surface area contributed by atoms with Crippen LogP contribution in [0.5, 0.6) is 5.75 Å². The SMILES string of the molecule is Cc1nnc(COc2c(Br)cccc2CNC2CC2)o1. The van der Waals surface area contributed by atoms with E-state index < -0.39 is 0 Å². The van der Waals surface area contributed by atoms with Gasteiger partial charge in [-0.15, -0.1) is 10.2 Å². The summed E-state index contributed by atoms with van der Waals surface area (Å²) in [5.41, 5.74) is 1.13. The van der Waals surface area contributed by atoms with Crippen molar-refractivity contribution in [2.24, 2.45) is 0 Å². The molecule has 1 saturated carbocycles. The number of nitrogens with one attached hydrogen (secondary N) is 1. The molecule has 0 saturated heterocycles. The predicted octanol–water partition coefficient (Wildman–Crippen LogP) is 2.97. The summed E-state index contributed by atoms with van der Waals surface area (Å²) in [4.78, 5) is 0. The minimum absolute atomic E-state index is 0.278. The van der Waals surface area contributed by atoms with Crippen LogP contribution in [0, 0.1) is 6.92 Å². The third-order valence-corrected chi connectivity index (χ3v) is 3.74. The first-order chi connectivity index (χ1) is 9.72. The highest BCUT2D eigenvalue weighted by Gasteiger charge is 2.21. The van der Waals surface area contributed by atoms with Crippen molar-refractivity contribution in [3.8, 4) is 5.75 Å². The van der Waals surface area contributed by atoms with Crippen LogP contribution >= 0.6 is 15.9 Å². The van der Waals surface area contributed by atoms with E-state index in [0.29, 0.717) is 17.8 Å². The molecule has 1 N–H and O–H groups in total. The van der Waals surface area contributed by atoms with Crippen LogP contribution in [0.15, 0.2) is 27.1 Å². The van der Waals surface area contributed by atoms with E-state index in [9.17, 15) is 0 Å². The fraction of sp³-hybridized carbons (Fsp3) is 0.429. The number of rotatable bonds is 6. The number of hydrogen-bond acceptors (Lipinski definition) is 5. The van der Waals surface area contributed by atoms with Crippen LogP contribution in [0.4, 0.5) is 0 Å². The molecular weight excluding hydrogens is 322 g/mol. The Bertz CT molecular complexity index is 596. The standard InChI is InChI=1S/C14H16BrN3O2/c1-9-17-18-13(20-9)8-19-14-10(3-2-4-12(14)15)7-16-11-5-6-11/h2-4,11,16H,5-8H2,1H3. The molecule has 1 aromatic carbocycles. The summed E-state index contributed by atoms with van der Waals surface area (Å²) in [6.45, 7) is 2.85. The average molecular weight is 338 g/mol. The molecule has 0 spiro atoms. The fourth-order valence-electron chi connectivity index (χ4n) is 1.93. The number of nitrogens with zero attached hydrogens (tertiary/aromatic N) is 2. The molecule has 1 aromatic heterocycles. The maximum absolute atomic E-state index is 5.84. The van der Waals surface area contributed by atoms with Crippen LogP contribution in [0.2, 0.25) is 0 Å². The lowest BCUT2D eigenvalue weighted by atomic mass is 10.2. The van der Waals surface area contributed by atoms with Crippen LogP contribution in [-0.2, 0) is 13.2 Å². The molecular formula is C14H16BrN3O2. The van der Waals surface area contributed by atoms with Gasteiger partial charge in [0.1, 0.15) is 5.75 Å². The molecule has 20 heavy (non-hydrogen) atoms. The lowest BCUT2D eigenvalue weighted by Crippen LogP contribution is -2.16. The summed E-state index contributed by atoms with van der Waals surface area (Å²) in [6, 6.07) is 6.71. The van der Waals surface area contributed by atoms with Gasteiger partial charge in [0, 0.05) is 25.1 Å². The highest BCUT2D eigenvalue weighted by Crippen LogP contribution is 2.30. The summed E-state index contributed by atoms with van der Waals surface area (Å²) in [5.74, 6) is 1.86. The molecule has 1 fully saturated rings. The molecule has 1 aliphatic carbocycles. The molecule has 0 aliphatic heterocycles. The molecule has 0 bridgehead atoms. The predicted molar refractivity (Wildman–Crippen MR) is 77.4 cm³/mol. The van der Waals surface area contributed by atoms with Crippen LogP contribution in [-0.4, -0.2) is 16.2 Å². The van der Waals surface area contributed by atoms with E-state index in [-0.39, 0.29) is 6.61 Å². The Labute approximate surface area is 125 Å². The molecule has 1 heterocycles. The Balaban J connectivity index is 1.69. The van der Waals surface area contributed by atoms with Gasteiger partial charge in [0.2, 0.25) is 5.89 Å². The Morgan fingerprint density at radius 2 is 2.25 bits per heavy atom. The van der Waals surface area contributed by atoms with E-state index in [1.165, 1.54) is 12.8 Å². The third-order valence-electron chi connectivity index (χ3n) is 3.11. The second-order valence-corrected chi connectivity index (χ2v) is 5.74. The number of halogens is 1. The smallest absolute Gasteiger partial charge is 0.253 e. The number of ether oxygens (including phenoxy) is 1. The Hall–Kier alpha value is -1.40. The van der Waals surface area contributed by atoms with Gasteiger partial charge in [-0.1, -0.05) is 12.1 Å². The van der Waals surface area contributed by atoms with Crippen molar-refractivity contribution < 1.29 is 9.15 Å². The molecule has 5 nitrogen and oxygen atoms in total. The van der Waals surface area contributed by atoms with Gasteiger partial charge in [-0.3, -0.25) is 0 Å². The summed E-state index contributed by atoms with van der Waals surface area (Å²) in [5, 5.41) is 11.2. The van der Waals surface area contributed by atoms with Gasteiger partial charge in [-0.05, 0) is 34.8 Å². The second-order valence-electron chi connectivity index (χ2n) is 4.89. The van der Waals surface area contributed by atoms with Crippen molar-refractivity contribution in [1.82, 2.24) is 15.5 Å². The molecule has 3 rings (SSSR count). The van der Waals surface area contributed by atoms with Gasteiger partial charge in [0.25, 0.3) is 5.89 Å². The molecule has 0 radical (unpaired) electrons. The number of hydrogen-bond donors (Lipinski definition) is 1. The van der Waals surface area contributed by atoms with Gasteiger partial charge in [0.15, 0.2) is 6.61 Å². The zero-order chi connectivity index (χ0) is 13.9. The number of aromatic nitrogens is 2. The van der Waals surface area contributed by atoms with Crippen molar-refractivity contribution in [2.75, 3.05) is 0 Å². The largest absolute Gasteiger partial charge is 0.482 e. The van der Waals surface area contributed by atoms with Crippen LogP contribution in [0.1, 0.15) is 30.2 Å². The molecule has 0 atom stereocenters. The van der Waals surface area contributed by atoms with Gasteiger partial charge < -0.3 is 14.5 Å². The maximum Gasteiger partial charge on any atom is 0.253 e. The van der Waals surface area contributed by atoms with E-state index in [0.717, 1.165) is 22.3 Å². The second kappa shape index (κ2) is 5.93. The Morgan fingerprint density at radius 3 is 2.95 bits per heavy atom. The summed E-state index contributed by atoms with van der Waals surface area (Å²) >= 11 is 3.53. The van der Waals surface area contributed by atoms with Gasteiger partial charge in [0.05, 0.1) is 4.47 Å². The maximum atomic E-state index is 5.84. The highest BCUT2D eigenvalue weighted by atomic mass is 79.9. The molecule has 106 valence electrons. The van der Waals surface area contributed by atoms with Gasteiger partial charge >= 0.3 is 0 Å². The van der Waals surface area contributed by atoms with E-state index in [2.05, 4.69) is 37.5 Å². The lowest BCUT2D eigenvalue weighted by molar-refractivity contribution is 0.256. The molecule has 1 aliphatic rings. The van der Waals surface area contributed by atoms with Crippen molar-refractivity contribution >= 4 is 15.9 Å². The molecule has 6 heteroatoms.